The fourth-order valence-corrected chi connectivity index (χ4v) is 3.19. The summed E-state index contributed by atoms with van der Waals surface area (Å²) in [5, 5.41) is 11.2. The van der Waals surface area contributed by atoms with Crippen LogP contribution in [0.5, 0.6) is 0 Å². The van der Waals surface area contributed by atoms with Gasteiger partial charge in [-0.05, 0) is 24.3 Å². The van der Waals surface area contributed by atoms with Crippen molar-refractivity contribution in [2.24, 2.45) is 0 Å². The van der Waals surface area contributed by atoms with Crippen molar-refractivity contribution in [2.45, 2.75) is 0 Å². The maximum absolute atomic E-state index is 14.0. The average molecular weight is 383 g/mol. The highest BCUT2D eigenvalue weighted by atomic mass is 32.1. The summed E-state index contributed by atoms with van der Waals surface area (Å²) in [4.78, 5) is 0.121. The quantitative estimate of drug-likeness (QED) is 0.247. The molecule has 0 amide bonds. The van der Waals surface area contributed by atoms with Crippen molar-refractivity contribution in [3.8, 4) is 22.0 Å². The molecule has 0 saturated heterocycles. The van der Waals surface area contributed by atoms with Gasteiger partial charge in [-0.3, -0.25) is 0 Å². The van der Waals surface area contributed by atoms with Gasteiger partial charge in [0.25, 0.3) is 0 Å². The Bertz CT molecular complexity index is 1120. The van der Waals surface area contributed by atoms with Gasteiger partial charge in [-0.15, -0.1) is 10.2 Å². The van der Waals surface area contributed by atoms with Gasteiger partial charge in [0.15, 0.2) is 34.1 Å². The topological polar surface area (TPSA) is 69.1 Å². The standard InChI is InChI=1S/C15H6F5N5S/c16-8-7(9(17)11(19)12(20)10(8)18)14-24-25-13(22-23-15(25)26-14)5-1-3-6(21)4-2-5/h1-4H,21H2. The molecule has 132 valence electrons. The molecule has 2 aromatic heterocycles. The van der Waals surface area contributed by atoms with Crippen LogP contribution in [0.4, 0.5) is 27.6 Å². The second kappa shape index (κ2) is 5.73. The van der Waals surface area contributed by atoms with Crippen molar-refractivity contribution in [2.75, 3.05) is 5.73 Å². The van der Waals surface area contributed by atoms with E-state index in [2.05, 4.69) is 15.3 Å². The Balaban J connectivity index is 1.92. The van der Waals surface area contributed by atoms with Gasteiger partial charge in [0.1, 0.15) is 0 Å². The average Bonchev–Trinajstić information content (AvgIpc) is 3.20. The van der Waals surface area contributed by atoms with Gasteiger partial charge < -0.3 is 5.73 Å². The molecule has 0 atom stereocenters. The van der Waals surface area contributed by atoms with Crippen molar-refractivity contribution in [1.82, 2.24) is 19.8 Å². The molecule has 0 aliphatic heterocycles. The first-order valence-electron chi connectivity index (χ1n) is 6.98. The van der Waals surface area contributed by atoms with Gasteiger partial charge >= 0.3 is 0 Å². The first kappa shape index (κ1) is 16.4. The third kappa shape index (κ3) is 2.31. The normalized spacial score (nSPS) is 11.4. The molecule has 4 aromatic rings. The van der Waals surface area contributed by atoms with E-state index in [1.807, 2.05) is 0 Å². The lowest BCUT2D eigenvalue weighted by Gasteiger charge is -2.05. The van der Waals surface area contributed by atoms with Gasteiger partial charge in [0.2, 0.25) is 10.8 Å². The van der Waals surface area contributed by atoms with E-state index in [1.165, 1.54) is 0 Å². The molecule has 2 aromatic carbocycles. The smallest absolute Gasteiger partial charge is 0.235 e. The third-order valence-electron chi connectivity index (χ3n) is 3.58. The van der Waals surface area contributed by atoms with Crippen LogP contribution in [0.25, 0.3) is 26.9 Å². The molecular weight excluding hydrogens is 377 g/mol. The van der Waals surface area contributed by atoms with E-state index >= 15 is 0 Å². The summed E-state index contributed by atoms with van der Waals surface area (Å²) in [6, 6.07) is 6.47. The Morgan fingerprint density at radius 1 is 0.808 bits per heavy atom. The van der Waals surface area contributed by atoms with E-state index in [0.717, 1.165) is 4.52 Å². The molecule has 0 bridgehead atoms. The molecule has 5 nitrogen and oxygen atoms in total. The number of anilines is 1. The Hall–Kier alpha value is -3.08. The SMILES string of the molecule is Nc1ccc(-c2nnc3sc(-c4c(F)c(F)c(F)c(F)c4F)nn23)cc1. The van der Waals surface area contributed by atoms with Crippen molar-refractivity contribution in [3.63, 3.8) is 0 Å². The third-order valence-corrected chi connectivity index (χ3v) is 4.50. The Labute approximate surface area is 145 Å². The van der Waals surface area contributed by atoms with Crippen LogP contribution in [-0.4, -0.2) is 19.8 Å². The monoisotopic (exact) mass is 383 g/mol. The summed E-state index contributed by atoms with van der Waals surface area (Å²) in [6.45, 7) is 0. The number of hydrogen-bond donors (Lipinski definition) is 1. The highest BCUT2D eigenvalue weighted by molar-refractivity contribution is 7.19. The van der Waals surface area contributed by atoms with E-state index in [-0.39, 0.29) is 10.8 Å². The highest BCUT2D eigenvalue weighted by Crippen LogP contribution is 2.34. The van der Waals surface area contributed by atoms with E-state index < -0.39 is 39.7 Å². The molecular formula is C15H6F5N5S. The Morgan fingerprint density at radius 2 is 1.38 bits per heavy atom. The predicted molar refractivity (Wildman–Crippen MR) is 83.7 cm³/mol. The van der Waals surface area contributed by atoms with Crippen molar-refractivity contribution in [1.29, 1.82) is 0 Å². The molecule has 0 fully saturated rings. The number of rotatable bonds is 2. The molecule has 0 aliphatic rings. The van der Waals surface area contributed by atoms with Crippen LogP contribution in [-0.2, 0) is 0 Å². The van der Waals surface area contributed by atoms with Crippen LogP contribution in [0.3, 0.4) is 0 Å². The van der Waals surface area contributed by atoms with Crippen LogP contribution in [0.1, 0.15) is 0 Å². The lowest BCUT2D eigenvalue weighted by Crippen LogP contribution is -2.04. The number of nitrogens with zero attached hydrogens (tertiary/aromatic N) is 4. The Kier molecular flexibility index (Phi) is 3.61. The number of fused-ring (bicyclic) bond motifs is 1. The minimum Gasteiger partial charge on any atom is -0.399 e. The second-order valence-electron chi connectivity index (χ2n) is 5.19. The van der Waals surface area contributed by atoms with Crippen LogP contribution in [0.15, 0.2) is 24.3 Å². The van der Waals surface area contributed by atoms with Crippen LogP contribution in [0.2, 0.25) is 0 Å². The maximum atomic E-state index is 14.0. The zero-order valence-electron chi connectivity index (χ0n) is 12.5. The van der Waals surface area contributed by atoms with Crippen LogP contribution >= 0.6 is 11.3 Å². The van der Waals surface area contributed by atoms with Crippen molar-refractivity contribution >= 4 is 22.0 Å². The first-order chi connectivity index (χ1) is 12.4. The fraction of sp³-hybridized carbons (Fsp3) is 0. The summed E-state index contributed by atoms with van der Waals surface area (Å²) >= 11 is 0.638. The number of benzene rings is 2. The zero-order valence-corrected chi connectivity index (χ0v) is 13.3. The predicted octanol–water partition coefficient (Wildman–Crippen LogP) is 3.80. The van der Waals surface area contributed by atoms with E-state index in [0.29, 0.717) is 22.6 Å². The zero-order chi connectivity index (χ0) is 18.6. The molecule has 11 heteroatoms. The molecule has 4 rings (SSSR count). The molecule has 0 unspecified atom stereocenters. The first-order valence-corrected chi connectivity index (χ1v) is 7.80. The molecule has 0 radical (unpaired) electrons. The van der Waals surface area contributed by atoms with Gasteiger partial charge in [-0.1, -0.05) is 11.3 Å². The van der Waals surface area contributed by atoms with E-state index in [4.69, 9.17) is 5.73 Å². The van der Waals surface area contributed by atoms with Gasteiger partial charge in [0.05, 0.1) is 5.56 Å². The fourth-order valence-electron chi connectivity index (χ4n) is 2.32. The largest absolute Gasteiger partial charge is 0.399 e. The number of hydrogen-bond acceptors (Lipinski definition) is 5. The Morgan fingerprint density at radius 3 is 2.00 bits per heavy atom. The van der Waals surface area contributed by atoms with E-state index in [9.17, 15) is 22.0 Å². The number of halogens is 5. The highest BCUT2D eigenvalue weighted by Gasteiger charge is 2.29. The lowest BCUT2D eigenvalue weighted by atomic mass is 10.2. The van der Waals surface area contributed by atoms with Gasteiger partial charge in [0, 0.05) is 11.3 Å². The molecule has 26 heavy (non-hydrogen) atoms. The van der Waals surface area contributed by atoms with Crippen molar-refractivity contribution in [3.05, 3.63) is 53.4 Å². The lowest BCUT2D eigenvalue weighted by molar-refractivity contribution is 0.381. The molecule has 0 spiro atoms. The van der Waals surface area contributed by atoms with Crippen molar-refractivity contribution < 1.29 is 22.0 Å². The minimum atomic E-state index is -2.23. The summed E-state index contributed by atoms with van der Waals surface area (Å²) < 4.78 is 69.1. The molecule has 0 aliphatic carbocycles. The maximum Gasteiger partial charge on any atom is 0.235 e. The molecule has 2 N–H and O–H groups in total. The van der Waals surface area contributed by atoms with Crippen LogP contribution < -0.4 is 5.73 Å². The summed E-state index contributed by atoms with van der Waals surface area (Å²) in [7, 11) is 0. The van der Waals surface area contributed by atoms with Crippen LogP contribution in [0, 0.1) is 29.1 Å². The summed E-state index contributed by atoms with van der Waals surface area (Å²) in [5.74, 6) is -9.99. The number of nitrogen functional groups attached to an aromatic ring is 1. The summed E-state index contributed by atoms with van der Waals surface area (Å²) in [5.41, 5.74) is 5.56. The molecule has 0 saturated carbocycles. The minimum absolute atomic E-state index is 0.121. The molecule has 2 heterocycles. The number of nitrogens with two attached hydrogens (primary N) is 1. The summed E-state index contributed by atoms with van der Waals surface area (Å²) in [6.07, 6.45) is 0. The van der Waals surface area contributed by atoms with E-state index in [1.54, 1.807) is 24.3 Å². The second-order valence-corrected chi connectivity index (χ2v) is 6.15. The van der Waals surface area contributed by atoms with Gasteiger partial charge in [-0.25, -0.2) is 22.0 Å². The van der Waals surface area contributed by atoms with Gasteiger partial charge in [-0.2, -0.15) is 9.61 Å². The number of aromatic nitrogens is 4.